The average molecular weight is 506 g/mol. The Labute approximate surface area is 205 Å². The number of ether oxygens (including phenoxy) is 2. The molecule has 0 aliphatic carbocycles. The minimum Gasteiger partial charge on any atom is -0.493 e. The van der Waals surface area contributed by atoms with Crippen LogP contribution in [0.1, 0.15) is 12.8 Å². The highest BCUT2D eigenvalue weighted by molar-refractivity contribution is 6.42. The number of nitrogens with zero attached hydrogens (tertiary/aromatic N) is 3. The van der Waals surface area contributed by atoms with E-state index in [0.29, 0.717) is 34.8 Å². The number of benzene rings is 2. The number of carbonyl (C=O) groups is 1. The summed E-state index contributed by atoms with van der Waals surface area (Å²) in [5, 5.41) is 6.54. The van der Waals surface area contributed by atoms with E-state index in [-0.39, 0.29) is 33.7 Å². The number of anilines is 2. The van der Waals surface area contributed by atoms with Crippen molar-refractivity contribution in [2.24, 2.45) is 0 Å². The van der Waals surface area contributed by atoms with Gasteiger partial charge in [-0.1, -0.05) is 23.2 Å². The maximum Gasteiger partial charge on any atom is 0.237 e. The van der Waals surface area contributed by atoms with E-state index in [4.69, 9.17) is 32.7 Å². The zero-order valence-electron chi connectivity index (χ0n) is 18.3. The fourth-order valence-electron chi connectivity index (χ4n) is 4.44. The molecule has 3 aromatic rings. The summed E-state index contributed by atoms with van der Waals surface area (Å²) in [6.45, 7) is 1.97. The molecular weight excluding hydrogens is 484 g/mol. The molecule has 0 spiro atoms. The summed E-state index contributed by atoms with van der Waals surface area (Å²) in [6, 6.07) is 6.29. The molecule has 8 nitrogen and oxygen atoms in total. The maximum atomic E-state index is 14.5. The Kier molecular flexibility index (Phi) is 6.33. The molecule has 0 saturated carbocycles. The summed E-state index contributed by atoms with van der Waals surface area (Å²) in [5.41, 5.74) is 0.697. The van der Waals surface area contributed by atoms with Crippen LogP contribution in [0.3, 0.4) is 0 Å². The van der Waals surface area contributed by atoms with Crippen molar-refractivity contribution in [2.75, 3.05) is 32.1 Å². The molecule has 1 amide bonds. The van der Waals surface area contributed by atoms with E-state index in [2.05, 4.69) is 25.5 Å². The van der Waals surface area contributed by atoms with Gasteiger partial charge in [0, 0.05) is 18.0 Å². The monoisotopic (exact) mass is 505 g/mol. The van der Waals surface area contributed by atoms with Gasteiger partial charge in [-0.3, -0.25) is 9.69 Å². The number of halogens is 3. The molecule has 2 saturated heterocycles. The highest BCUT2D eigenvalue weighted by atomic mass is 35.5. The number of methoxy groups -OCH3 is 1. The van der Waals surface area contributed by atoms with Crippen molar-refractivity contribution >= 4 is 51.5 Å². The third kappa shape index (κ3) is 4.31. The van der Waals surface area contributed by atoms with Gasteiger partial charge in [0.2, 0.25) is 5.91 Å². The molecule has 2 N–H and O–H groups in total. The van der Waals surface area contributed by atoms with Crippen molar-refractivity contribution in [3.05, 3.63) is 46.5 Å². The zero-order chi connectivity index (χ0) is 23.8. The third-order valence-corrected chi connectivity index (χ3v) is 6.90. The molecule has 0 bridgehead atoms. The number of aromatic nitrogens is 2. The number of fused-ring (bicyclic) bond motifs is 2. The molecule has 5 rings (SSSR count). The lowest BCUT2D eigenvalue weighted by molar-refractivity contribution is -0.129. The first kappa shape index (κ1) is 22.9. The fraction of sp³-hybridized carbons (Fsp3) is 0.348. The molecule has 2 fully saturated rings. The van der Waals surface area contributed by atoms with Gasteiger partial charge in [0.05, 0.1) is 40.4 Å². The van der Waals surface area contributed by atoms with Crippen LogP contribution in [0.4, 0.5) is 15.9 Å². The van der Waals surface area contributed by atoms with Gasteiger partial charge in [0.25, 0.3) is 0 Å². The molecular formula is C23H22Cl2FN5O3. The number of hydrogen-bond acceptors (Lipinski definition) is 7. The number of piperazine rings is 1. The van der Waals surface area contributed by atoms with Crippen molar-refractivity contribution in [3.8, 4) is 11.5 Å². The molecule has 178 valence electrons. The van der Waals surface area contributed by atoms with Crippen LogP contribution in [0.15, 0.2) is 30.6 Å². The highest BCUT2D eigenvalue weighted by Crippen LogP contribution is 2.36. The Morgan fingerprint density at radius 3 is 2.94 bits per heavy atom. The molecule has 2 unspecified atom stereocenters. The Bertz CT molecular complexity index is 1260. The van der Waals surface area contributed by atoms with E-state index in [1.165, 1.54) is 25.6 Å². The minimum atomic E-state index is -0.678. The van der Waals surface area contributed by atoms with Crippen molar-refractivity contribution in [2.45, 2.75) is 24.9 Å². The molecule has 2 aliphatic rings. The largest absolute Gasteiger partial charge is 0.493 e. The standard InChI is InChI=1S/C23H22Cl2FN5O3/c1-33-18-7-13-16(27-11-28-22(13)30-15-5-4-14(24)20(25)21(15)26)8-19(18)34-10-12-9-31-6-2-3-17(31)23(32)29-12/h4-5,7-8,11-12,17H,2-3,6,9-10H2,1H3,(H,29,32)(H,27,28,30). The number of amides is 1. The molecule has 2 aliphatic heterocycles. The van der Waals surface area contributed by atoms with Crippen LogP contribution in [0.25, 0.3) is 10.9 Å². The van der Waals surface area contributed by atoms with E-state index in [0.717, 1.165) is 25.9 Å². The van der Waals surface area contributed by atoms with Crippen LogP contribution in [0.5, 0.6) is 11.5 Å². The minimum absolute atomic E-state index is 0.0190. The molecule has 11 heteroatoms. The number of nitrogens with one attached hydrogen (secondary N) is 2. The summed E-state index contributed by atoms with van der Waals surface area (Å²) in [6.07, 6.45) is 3.30. The summed E-state index contributed by atoms with van der Waals surface area (Å²) in [4.78, 5) is 23.1. The maximum absolute atomic E-state index is 14.5. The van der Waals surface area contributed by atoms with E-state index >= 15 is 0 Å². The van der Waals surface area contributed by atoms with Crippen LogP contribution in [0, 0.1) is 5.82 Å². The van der Waals surface area contributed by atoms with Crippen molar-refractivity contribution in [1.82, 2.24) is 20.2 Å². The zero-order valence-corrected chi connectivity index (χ0v) is 19.8. The topological polar surface area (TPSA) is 88.6 Å². The normalized spacial score (nSPS) is 20.2. The van der Waals surface area contributed by atoms with Crippen LogP contribution >= 0.6 is 23.2 Å². The molecule has 2 aromatic carbocycles. The SMILES string of the molecule is COc1cc2c(Nc3ccc(Cl)c(Cl)c3F)ncnc2cc1OCC1CN2CCCC2C(=O)N1. The van der Waals surface area contributed by atoms with Crippen molar-refractivity contribution in [1.29, 1.82) is 0 Å². The Morgan fingerprint density at radius 2 is 2.12 bits per heavy atom. The lowest BCUT2D eigenvalue weighted by Crippen LogP contribution is -2.59. The van der Waals surface area contributed by atoms with Gasteiger partial charge in [-0.25, -0.2) is 14.4 Å². The van der Waals surface area contributed by atoms with Gasteiger partial charge in [0.1, 0.15) is 18.8 Å². The van der Waals surface area contributed by atoms with E-state index in [9.17, 15) is 9.18 Å². The molecule has 2 atom stereocenters. The molecule has 1 aromatic heterocycles. The molecule has 3 heterocycles. The van der Waals surface area contributed by atoms with Crippen LogP contribution < -0.4 is 20.1 Å². The Balaban J connectivity index is 1.38. The number of rotatable bonds is 6. The van der Waals surface area contributed by atoms with Crippen molar-refractivity contribution in [3.63, 3.8) is 0 Å². The molecule has 0 radical (unpaired) electrons. The Morgan fingerprint density at radius 1 is 1.26 bits per heavy atom. The first-order chi connectivity index (χ1) is 16.4. The van der Waals surface area contributed by atoms with Crippen LogP contribution in [-0.4, -0.2) is 59.7 Å². The second-order valence-corrected chi connectivity index (χ2v) is 9.05. The first-order valence-corrected chi connectivity index (χ1v) is 11.6. The second kappa shape index (κ2) is 9.40. The fourth-order valence-corrected chi connectivity index (χ4v) is 4.75. The second-order valence-electron chi connectivity index (χ2n) is 8.26. The van der Waals surface area contributed by atoms with Gasteiger partial charge >= 0.3 is 0 Å². The summed E-state index contributed by atoms with van der Waals surface area (Å²) in [5.74, 6) is 0.689. The van der Waals surface area contributed by atoms with E-state index in [1.54, 1.807) is 12.1 Å². The quantitative estimate of drug-likeness (QED) is 0.486. The van der Waals surface area contributed by atoms with Gasteiger partial charge < -0.3 is 20.1 Å². The van der Waals surface area contributed by atoms with E-state index < -0.39 is 5.82 Å². The van der Waals surface area contributed by atoms with Gasteiger partial charge in [-0.2, -0.15) is 0 Å². The molecule has 34 heavy (non-hydrogen) atoms. The first-order valence-electron chi connectivity index (χ1n) is 10.8. The Hall–Kier alpha value is -2.88. The average Bonchev–Trinajstić information content (AvgIpc) is 3.32. The van der Waals surface area contributed by atoms with Crippen molar-refractivity contribution < 1.29 is 18.7 Å². The summed E-state index contributed by atoms with van der Waals surface area (Å²) < 4.78 is 26.1. The van der Waals surface area contributed by atoms with Gasteiger partial charge in [-0.15, -0.1) is 0 Å². The van der Waals surface area contributed by atoms with E-state index in [1.807, 2.05) is 0 Å². The van der Waals surface area contributed by atoms with Gasteiger partial charge in [-0.05, 0) is 37.6 Å². The predicted octanol–water partition coefficient (Wildman–Crippen LogP) is 4.17. The highest BCUT2D eigenvalue weighted by Gasteiger charge is 2.37. The van der Waals surface area contributed by atoms with Crippen LogP contribution in [-0.2, 0) is 4.79 Å². The third-order valence-electron chi connectivity index (χ3n) is 6.12. The number of carbonyl (C=O) groups excluding carboxylic acids is 1. The lowest BCUT2D eigenvalue weighted by atomic mass is 10.1. The smallest absolute Gasteiger partial charge is 0.237 e. The van der Waals surface area contributed by atoms with Gasteiger partial charge in [0.15, 0.2) is 17.3 Å². The lowest BCUT2D eigenvalue weighted by Gasteiger charge is -2.34. The predicted molar refractivity (Wildman–Crippen MR) is 128 cm³/mol. The number of hydrogen-bond donors (Lipinski definition) is 2. The summed E-state index contributed by atoms with van der Waals surface area (Å²) in [7, 11) is 1.53. The summed E-state index contributed by atoms with van der Waals surface area (Å²) >= 11 is 11.8. The van der Waals surface area contributed by atoms with Crippen LogP contribution in [0.2, 0.25) is 10.0 Å².